The highest BCUT2D eigenvalue weighted by molar-refractivity contribution is 5.94. The maximum Gasteiger partial charge on any atom is 0.337 e. The summed E-state index contributed by atoms with van der Waals surface area (Å²) in [6, 6.07) is 5.16. The Labute approximate surface area is 103 Å². The zero-order chi connectivity index (χ0) is 12.7. The summed E-state index contributed by atoms with van der Waals surface area (Å²) in [7, 11) is 0. The summed E-state index contributed by atoms with van der Waals surface area (Å²) in [6.45, 7) is 2.70. The van der Waals surface area contributed by atoms with E-state index in [1.165, 1.54) is 0 Å². The summed E-state index contributed by atoms with van der Waals surface area (Å²) in [5, 5.41) is 9.81. The molecule has 0 spiro atoms. The molecule has 1 N–H and O–H groups in total. The van der Waals surface area contributed by atoms with E-state index in [-0.39, 0.29) is 5.56 Å². The number of fused-ring (bicyclic) bond motifs is 2. The van der Waals surface area contributed by atoms with E-state index in [1.54, 1.807) is 25.1 Å². The fourth-order valence-corrected chi connectivity index (χ4v) is 2.02. The van der Waals surface area contributed by atoms with Gasteiger partial charge in [-0.2, -0.15) is 0 Å². The van der Waals surface area contributed by atoms with E-state index in [0.717, 1.165) is 5.39 Å². The third-order valence-electron chi connectivity index (χ3n) is 2.90. The van der Waals surface area contributed by atoms with Crippen molar-refractivity contribution in [3.05, 3.63) is 29.5 Å². The van der Waals surface area contributed by atoms with Crippen LogP contribution >= 0.6 is 0 Å². The molecular formula is C13H11NO4. The SMILES string of the molecule is Cc1nc2cc3c(cc2cc1C(=O)O)OCCO3. The van der Waals surface area contributed by atoms with Crippen molar-refractivity contribution in [2.45, 2.75) is 6.92 Å². The van der Waals surface area contributed by atoms with Crippen LogP contribution in [0.5, 0.6) is 11.5 Å². The third-order valence-corrected chi connectivity index (χ3v) is 2.90. The first kappa shape index (κ1) is 10.8. The molecule has 0 radical (unpaired) electrons. The number of pyridine rings is 1. The summed E-state index contributed by atoms with van der Waals surface area (Å²) < 4.78 is 10.9. The molecule has 1 aromatic carbocycles. The van der Waals surface area contributed by atoms with Crippen LogP contribution in [0, 0.1) is 6.92 Å². The highest BCUT2D eigenvalue weighted by atomic mass is 16.6. The maximum atomic E-state index is 11.1. The van der Waals surface area contributed by atoms with Crippen molar-refractivity contribution in [3.8, 4) is 11.5 Å². The van der Waals surface area contributed by atoms with Crippen LogP contribution < -0.4 is 9.47 Å². The lowest BCUT2D eigenvalue weighted by Gasteiger charge is -2.18. The van der Waals surface area contributed by atoms with Gasteiger partial charge in [0.05, 0.1) is 16.8 Å². The summed E-state index contributed by atoms with van der Waals surface area (Å²) in [5.41, 5.74) is 1.41. The Morgan fingerprint density at radius 3 is 2.56 bits per heavy atom. The number of aromatic nitrogens is 1. The molecule has 1 aromatic heterocycles. The lowest BCUT2D eigenvalue weighted by Crippen LogP contribution is -2.15. The molecule has 2 heterocycles. The molecule has 3 rings (SSSR count). The van der Waals surface area contributed by atoms with Gasteiger partial charge in [0.25, 0.3) is 0 Å². The predicted octanol–water partition coefficient (Wildman–Crippen LogP) is 2.01. The Morgan fingerprint density at radius 1 is 1.22 bits per heavy atom. The zero-order valence-corrected chi connectivity index (χ0v) is 9.77. The van der Waals surface area contributed by atoms with Crippen LogP contribution in [0.4, 0.5) is 0 Å². The molecule has 5 nitrogen and oxygen atoms in total. The van der Waals surface area contributed by atoms with Crippen molar-refractivity contribution in [3.63, 3.8) is 0 Å². The number of carboxylic acid groups (broad SMARTS) is 1. The fraction of sp³-hybridized carbons (Fsp3) is 0.231. The third kappa shape index (κ3) is 1.64. The van der Waals surface area contributed by atoms with Crippen LogP contribution in [-0.4, -0.2) is 29.3 Å². The second-order valence-electron chi connectivity index (χ2n) is 4.12. The van der Waals surface area contributed by atoms with Gasteiger partial charge in [-0.1, -0.05) is 0 Å². The first-order chi connectivity index (χ1) is 8.65. The van der Waals surface area contributed by atoms with Crippen molar-refractivity contribution >= 4 is 16.9 Å². The molecule has 1 aliphatic rings. The van der Waals surface area contributed by atoms with Gasteiger partial charge in [-0.05, 0) is 19.1 Å². The quantitative estimate of drug-likeness (QED) is 0.832. The number of rotatable bonds is 1. The van der Waals surface area contributed by atoms with E-state index in [0.29, 0.717) is 35.9 Å². The van der Waals surface area contributed by atoms with Gasteiger partial charge < -0.3 is 14.6 Å². The van der Waals surface area contributed by atoms with Crippen molar-refractivity contribution < 1.29 is 19.4 Å². The van der Waals surface area contributed by atoms with Crippen molar-refractivity contribution in [1.82, 2.24) is 4.98 Å². The van der Waals surface area contributed by atoms with Crippen LogP contribution in [0.3, 0.4) is 0 Å². The van der Waals surface area contributed by atoms with Gasteiger partial charge in [-0.3, -0.25) is 4.98 Å². The molecule has 0 atom stereocenters. The Hall–Kier alpha value is -2.30. The number of ether oxygens (including phenoxy) is 2. The minimum Gasteiger partial charge on any atom is -0.486 e. The maximum absolute atomic E-state index is 11.1. The predicted molar refractivity (Wildman–Crippen MR) is 64.4 cm³/mol. The lowest BCUT2D eigenvalue weighted by atomic mass is 10.1. The average Bonchev–Trinajstić information content (AvgIpc) is 2.35. The van der Waals surface area contributed by atoms with Crippen LogP contribution in [0.2, 0.25) is 0 Å². The summed E-state index contributed by atoms with van der Waals surface area (Å²) in [5.74, 6) is 0.316. The number of aryl methyl sites for hydroxylation is 1. The first-order valence-electron chi connectivity index (χ1n) is 5.59. The number of hydrogen-bond acceptors (Lipinski definition) is 4. The van der Waals surface area contributed by atoms with E-state index in [9.17, 15) is 4.79 Å². The monoisotopic (exact) mass is 245 g/mol. The van der Waals surface area contributed by atoms with Crippen LogP contribution in [0.25, 0.3) is 10.9 Å². The molecule has 0 saturated carbocycles. The number of nitrogens with zero attached hydrogens (tertiary/aromatic N) is 1. The molecule has 1 aliphatic heterocycles. The molecule has 2 aromatic rings. The number of aromatic carboxylic acids is 1. The average molecular weight is 245 g/mol. The molecule has 0 amide bonds. The molecule has 0 fully saturated rings. The first-order valence-corrected chi connectivity index (χ1v) is 5.59. The molecule has 5 heteroatoms. The van der Waals surface area contributed by atoms with Crippen molar-refractivity contribution in [2.75, 3.05) is 13.2 Å². The fourth-order valence-electron chi connectivity index (χ4n) is 2.02. The highest BCUT2D eigenvalue weighted by Crippen LogP contribution is 2.34. The minimum absolute atomic E-state index is 0.208. The van der Waals surface area contributed by atoms with Crippen LogP contribution in [0.1, 0.15) is 16.1 Å². The highest BCUT2D eigenvalue weighted by Gasteiger charge is 2.16. The normalized spacial score (nSPS) is 13.6. The standard InChI is InChI=1S/C13H11NO4/c1-7-9(13(15)16)4-8-5-11-12(6-10(8)14-7)18-3-2-17-11/h4-6H,2-3H2,1H3,(H,15,16). The number of hydrogen-bond donors (Lipinski definition) is 1. The Balaban J connectivity index is 2.25. The molecule has 18 heavy (non-hydrogen) atoms. The molecule has 92 valence electrons. The Bertz CT molecular complexity index is 651. The van der Waals surface area contributed by atoms with Crippen molar-refractivity contribution in [2.24, 2.45) is 0 Å². The topological polar surface area (TPSA) is 68.7 Å². The zero-order valence-electron chi connectivity index (χ0n) is 9.77. The van der Waals surface area contributed by atoms with E-state index in [4.69, 9.17) is 14.6 Å². The van der Waals surface area contributed by atoms with E-state index < -0.39 is 5.97 Å². The van der Waals surface area contributed by atoms with Crippen LogP contribution in [0.15, 0.2) is 18.2 Å². The van der Waals surface area contributed by atoms with Gasteiger partial charge in [0.15, 0.2) is 11.5 Å². The van der Waals surface area contributed by atoms with Crippen LogP contribution in [-0.2, 0) is 0 Å². The van der Waals surface area contributed by atoms with Gasteiger partial charge >= 0.3 is 5.97 Å². The Morgan fingerprint density at radius 2 is 1.89 bits per heavy atom. The number of carbonyl (C=O) groups is 1. The van der Waals surface area contributed by atoms with Gasteiger partial charge in [0.1, 0.15) is 13.2 Å². The van der Waals surface area contributed by atoms with E-state index >= 15 is 0 Å². The van der Waals surface area contributed by atoms with E-state index in [2.05, 4.69) is 4.98 Å². The lowest BCUT2D eigenvalue weighted by molar-refractivity contribution is 0.0696. The summed E-state index contributed by atoms with van der Waals surface area (Å²) in [6.07, 6.45) is 0. The summed E-state index contributed by atoms with van der Waals surface area (Å²) >= 11 is 0. The van der Waals surface area contributed by atoms with Gasteiger partial charge in [-0.15, -0.1) is 0 Å². The van der Waals surface area contributed by atoms with E-state index in [1.807, 2.05) is 0 Å². The number of benzene rings is 1. The smallest absolute Gasteiger partial charge is 0.337 e. The molecule has 0 aliphatic carbocycles. The molecule has 0 unspecified atom stereocenters. The summed E-state index contributed by atoms with van der Waals surface area (Å²) in [4.78, 5) is 15.3. The van der Waals surface area contributed by atoms with Gasteiger partial charge in [0.2, 0.25) is 0 Å². The number of carboxylic acids is 1. The minimum atomic E-state index is -0.975. The van der Waals surface area contributed by atoms with Gasteiger partial charge in [0, 0.05) is 11.5 Å². The second kappa shape index (κ2) is 3.87. The van der Waals surface area contributed by atoms with Crippen molar-refractivity contribution in [1.29, 1.82) is 0 Å². The Kier molecular flexibility index (Phi) is 2.33. The van der Waals surface area contributed by atoms with Gasteiger partial charge in [-0.25, -0.2) is 4.79 Å². The molecule has 0 saturated heterocycles. The second-order valence-corrected chi connectivity index (χ2v) is 4.12. The largest absolute Gasteiger partial charge is 0.486 e. The molecule has 0 bridgehead atoms. The molecular weight excluding hydrogens is 234 g/mol.